The van der Waals surface area contributed by atoms with Crippen molar-refractivity contribution < 1.29 is 4.74 Å². The summed E-state index contributed by atoms with van der Waals surface area (Å²) in [6.07, 6.45) is 9.17. The second-order valence-corrected chi connectivity index (χ2v) is 2.74. The second-order valence-electron chi connectivity index (χ2n) is 2.74. The zero-order valence-corrected chi connectivity index (χ0v) is 8.29. The summed E-state index contributed by atoms with van der Waals surface area (Å²) in [6, 6.07) is 1.91. The number of hydrogen-bond donors (Lipinski definition) is 1. The number of rotatable bonds is 5. The van der Waals surface area contributed by atoms with Gasteiger partial charge in [-0.25, -0.2) is 0 Å². The predicted octanol–water partition coefficient (Wildman–Crippen LogP) is 1.92. The van der Waals surface area contributed by atoms with Gasteiger partial charge >= 0.3 is 0 Å². The molecule has 1 rings (SSSR count). The van der Waals surface area contributed by atoms with Crippen molar-refractivity contribution in [3.63, 3.8) is 0 Å². The average molecular weight is 190 g/mol. The number of terminal acetylenes is 1. The second kappa shape index (κ2) is 5.87. The molecule has 1 heterocycles. The molecule has 1 N–H and O–H groups in total. The number of anilines is 1. The quantitative estimate of drug-likeness (QED) is 0.569. The van der Waals surface area contributed by atoms with E-state index in [1.807, 2.05) is 13.0 Å². The van der Waals surface area contributed by atoms with E-state index in [1.165, 1.54) is 0 Å². The van der Waals surface area contributed by atoms with E-state index in [9.17, 15) is 0 Å². The highest BCUT2D eigenvalue weighted by Crippen LogP contribution is 2.14. The average Bonchev–Trinajstić information content (AvgIpc) is 2.19. The Morgan fingerprint density at radius 3 is 3.14 bits per heavy atom. The Labute approximate surface area is 84.5 Å². The molecule has 0 saturated heterocycles. The van der Waals surface area contributed by atoms with Gasteiger partial charge in [0.05, 0.1) is 24.7 Å². The highest BCUT2D eigenvalue weighted by molar-refractivity contribution is 5.44. The van der Waals surface area contributed by atoms with E-state index in [2.05, 4.69) is 16.2 Å². The number of nitrogens with zero attached hydrogens (tertiary/aromatic N) is 1. The summed E-state index contributed by atoms with van der Waals surface area (Å²) in [6.45, 7) is 3.44. The molecule has 0 atom stereocenters. The monoisotopic (exact) mass is 190 g/mol. The van der Waals surface area contributed by atoms with Crippen LogP contribution in [-0.4, -0.2) is 18.1 Å². The first kappa shape index (κ1) is 10.4. The van der Waals surface area contributed by atoms with Crippen LogP contribution in [0, 0.1) is 12.3 Å². The largest absolute Gasteiger partial charge is 0.491 e. The highest BCUT2D eigenvalue weighted by Gasteiger charge is 1.95. The van der Waals surface area contributed by atoms with Crippen LogP contribution in [0.15, 0.2) is 18.5 Å². The number of aromatic nitrogens is 1. The van der Waals surface area contributed by atoms with Crippen LogP contribution in [0.4, 0.5) is 5.69 Å². The van der Waals surface area contributed by atoms with Crippen LogP contribution in [0.3, 0.4) is 0 Å². The summed E-state index contributed by atoms with van der Waals surface area (Å²) in [5.74, 6) is 3.27. The smallest absolute Gasteiger partial charge is 0.139 e. The van der Waals surface area contributed by atoms with E-state index in [1.54, 1.807) is 12.4 Å². The predicted molar refractivity (Wildman–Crippen MR) is 57.3 cm³/mol. The molecule has 14 heavy (non-hydrogen) atoms. The number of pyridine rings is 1. The molecule has 0 unspecified atom stereocenters. The number of nitrogens with one attached hydrogen (secondary N) is 1. The highest BCUT2D eigenvalue weighted by atomic mass is 16.5. The fourth-order valence-corrected chi connectivity index (χ4v) is 1.03. The fourth-order valence-electron chi connectivity index (χ4n) is 1.03. The van der Waals surface area contributed by atoms with E-state index < -0.39 is 0 Å². The van der Waals surface area contributed by atoms with Gasteiger partial charge in [-0.15, -0.1) is 12.3 Å². The first-order chi connectivity index (χ1) is 6.86. The van der Waals surface area contributed by atoms with Crippen molar-refractivity contribution in [1.29, 1.82) is 0 Å². The summed E-state index contributed by atoms with van der Waals surface area (Å²) in [4.78, 5) is 4.04. The molecule has 74 valence electrons. The van der Waals surface area contributed by atoms with Gasteiger partial charge in [0.2, 0.25) is 0 Å². The van der Waals surface area contributed by atoms with Crippen molar-refractivity contribution in [2.24, 2.45) is 0 Å². The summed E-state index contributed by atoms with van der Waals surface area (Å²) in [7, 11) is 0. The Kier molecular flexibility index (Phi) is 4.36. The van der Waals surface area contributed by atoms with Crippen LogP contribution < -0.4 is 10.1 Å². The lowest BCUT2D eigenvalue weighted by molar-refractivity contribution is 0.326. The molecule has 3 nitrogen and oxygen atoms in total. The molecule has 1 aromatic heterocycles. The molecule has 0 aliphatic carbocycles. The third-order valence-corrected chi connectivity index (χ3v) is 1.61. The minimum atomic E-state index is 0.535. The molecular formula is C11H14N2O. The Morgan fingerprint density at radius 2 is 2.43 bits per heavy atom. The van der Waals surface area contributed by atoms with Crippen LogP contribution in [-0.2, 0) is 0 Å². The molecule has 0 radical (unpaired) electrons. The van der Waals surface area contributed by atoms with Crippen molar-refractivity contribution in [2.75, 3.05) is 18.5 Å². The SMILES string of the molecule is C#CCCOc1cncc(NCC)c1. The Balaban J connectivity index is 2.51. The van der Waals surface area contributed by atoms with Gasteiger partial charge in [0.1, 0.15) is 5.75 Å². The summed E-state index contributed by atoms with van der Waals surface area (Å²) < 4.78 is 5.39. The van der Waals surface area contributed by atoms with Crippen molar-refractivity contribution >= 4 is 5.69 Å². The van der Waals surface area contributed by atoms with Crippen LogP contribution in [0.1, 0.15) is 13.3 Å². The first-order valence-corrected chi connectivity index (χ1v) is 4.62. The zero-order chi connectivity index (χ0) is 10.2. The lowest BCUT2D eigenvalue weighted by atomic mass is 10.4. The van der Waals surface area contributed by atoms with E-state index in [-0.39, 0.29) is 0 Å². The third-order valence-electron chi connectivity index (χ3n) is 1.61. The maximum atomic E-state index is 5.39. The van der Waals surface area contributed by atoms with Crippen molar-refractivity contribution in [2.45, 2.75) is 13.3 Å². The van der Waals surface area contributed by atoms with Gasteiger partial charge in [0, 0.05) is 19.0 Å². The van der Waals surface area contributed by atoms with Crippen LogP contribution in [0.25, 0.3) is 0 Å². The summed E-state index contributed by atoms with van der Waals surface area (Å²) >= 11 is 0. The molecule has 0 saturated carbocycles. The summed E-state index contributed by atoms with van der Waals surface area (Å²) in [5, 5.41) is 3.16. The van der Waals surface area contributed by atoms with Gasteiger partial charge in [-0.3, -0.25) is 4.98 Å². The lowest BCUT2D eigenvalue weighted by Gasteiger charge is -2.06. The third kappa shape index (κ3) is 3.36. The zero-order valence-electron chi connectivity index (χ0n) is 8.29. The molecule has 0 aliphatic rings. The fraction of sp³-hybridized carbons (Fsp3) is 0.364. The lowest BCUT2D eigenvalue weighted by Crippen LogP contribution is -2.00. The molecule has 0 fully saturated rings. The van der Waals surface area contributed by atoms with Gasteiger partial charge in [0.15, 0.2) is 0 Å². The van der Waals surface area contributed by atoms with Gasteiger partial charge in [-0.2, -0.15) is 0 Å². The van der Waals surface area contributed by atoms with E-state index in [4.69, 9.17) is 11.2 Å². The van der Waals surface area contributed by atoms with Crippen LogP contribution in [0.5, 0.6) is 5.75 Å². The Morgan fingerprint density at radius 1 is 1.57 bits per heavy atom. The van der Waals surface area contributed by atoms with E-state index in [0.717, 1.165) is 18.0 Å². The van der Waals surface area contributed by atoms with Crippen molar-refractivity contribution in [3.8, 4) is 18.1 Å². The first-order valence-electron chi connectivity index (χ1n) is 4.62. The molecule has 0 aliphatic heterocycles. The molecule has 0 bridgehead atoms. The maximum Gasteiger partial charge on any atom is 0.139 e. The van der Waals surface area contributed by atoms with Gasteiger partial charge < -0.3 is 10.1 Å². The molecule has 0 spiro atoms. The topological polar surface area (TPSA) is 34.1 Å². The Hall–Kier alpha value is -1.69. The Bertz CT molecular complexity index is 317. The summed E-state index contributed by atoms with van der Waals surface area (Å²) in [5.41, 5.74) is 0.964. The van der Waals surface area contributed by atoms with Crippen molar-refractivity contribution in [3.05, 3.63) is 18.5 Å². The maximum absolute atomic E-state index is 5.39. The van der Waals surface area contributed by atoms with Crippen LogP contribution >= 0.6 is 0 Å². The molecule has 3 heteroatoms. The standard InChI is InChI=1S/C11H14N2O/c1-3-5-6-14-11-7-10(13-4-2)8-12-9-11/h1,7-9,13H,4-6H2,2H3. The number of ether oxygens (including phenoxy) is 1. The molecular weight excluding hydrogens is 176 g/mol. The minimum Gasteiger partial charge on any atom is -0.491 e. The molecule has 0 aromatic carbocycles. The van der Waals surface area contributed by atoms with E-state index in [0.29, 0.717) is 13.0 Å². The molecule has 1 aromatic rings. The number of hydrogen-bond acceptors (Lipinski definition) is 3. The molecule has 0 amide bonds. The van der Waals surface area contributed by atoms with Crippen LogP contribution in [0.2, 0.25) is 0 Å². The normalized spacial score (nSPS) is 9.14. The van der Waals surface area contributed by atoms with Gasteiger partial charge in [0.25, 0.3) is 0 Å². The van der Waals surface area contributed by atoms with Gasteiger partial charge in [-0.1, -0.05) is 0 Å². The van der Waals surface area contributed by atoms with E-state index >= 15 is 0 Å². The minimum absolute atomic E-state index is 0.535. The van der Waals surface area contributed by atoms with Crippen molar-refractivity contribution in [1.82, 2.24) is 4.98 Å². The van der Waals surface area contributed by atoms with Gasteiger partial charge in [-0.05, 0) is 6.92 Å².